The van der Waals surface area contributed by atoms with Gasteiger partial charge < -0.3 is 18.9 Å². The summed E-state index contributed by atoms with van der Waals surface area (Å²) in [5, 5.41) is 5.33. The highest BCUT2D eigenvalue weighted by molar-refractivity contribution is 5.82. The Morgan fingerprint density at radius 2 is 1.78 bits per heavy atom. The number of rotatable bonds is 9. The molecule has 0 amide bonds. The normalized spacial score (nSPS) is 11.4. The minimum Gasteiger partial charge on any atom is -0.487 e. The monoisotopic (exact) mass is 501 g/mol. The van der Waals surface area contributed by atoms with Gasteiger partial charge in [-0.3, -0.25) is 4.98 Å². The van der Waals surface area contributed by atoms with Crippen LogP contribution in [0.25, 0.3) is 16.6 Å². The molecule has 0 saturated carbocycles. The minimum atomic E-state index is -4.76. The van der Waals surface area contributed by atoms with Gasteiger partial charge in [-0.05, 0) is 67.9 Å². The summed E-state index contributed by atoms with van der Waals surface area (Å²) in [6.45, 7) is 3.77. The zero-order valence-electron chi connectivity index (χ0n) is 19.4. The molecule has 2 heterocycles. The predicted octanol–water partition coefficient (Wildman–Crippen LogP) is 5.15. The molecule has 0 N–H and O–H groups in total. The van der Waals surface area contributed by atoms with E-state index in [4.69, 9.17) is 14.2 Å². The topological polar surface area (TPSA) is 84.7 Å². The number of esters is 1. The van der Waals surface area contributed by atoms with Crippen LogP contribution < -0.4 is 14.2 Å². The van der Waals surface area contributed by atoms with Crippen LogP contribution in [0.1, 0.15) is 18.2 Å². The van der Waals surface area contributed by atoms with E-state index in [0.717, 1.165) is 10.9 Å². The molecule has 11 heteroatoms. The third-order valence-corrected chi connectivity index (χ3v) is 5.05. The number of halogens is 3. The van der Waals surface area contributed by atoms with E-state index >= 15 is 0 Å². The maximum Gasteiger partial charge on any atom is 0.573 e. The Balaban J connectivity index is 1.50. The van der Waals surface area contributed by atoms with Crippen LogP contribution in [0, 0.1) is 6.92 Å². The summed E-state index contributed by atoms with van der Waals surface area (Å²) in [5.41, 5.74) is 2.63. The van der Waals surface area contributed by atoms with E-state index in [-0.39, 0.29) is 25.6 Å². The highest BCUT2D eigenvalue weighted by Gasteiger charge is 2.31. The van der Waals surface area contributed by atoms with Gasteiger partial charge in [0, 0.05) is 17.8 Å². The molecule has 36 heavy (non-hydrogen) atoms. The molecule has 2 aromatic carbocycles. The number of aryl methyl sites for hydroxylation is 1. The second-order valence-corrected chi connectivity index (χ2v) is 7.60. The quantitative estimate of drug-likeness (QED) is 0.293. The highest BCUT2D eigenvalue weighted by atomic mass is 19.4. The van der Waals surface area contributed by atoms with E-state index in [2.05, 4.69) is 14.8 Å². The van der Waals surface area contributed by atoms with Crippen molar-refractivity contribution in [2.75, 3.05) is 13.2 Å². The van der Waals surface area contributed by atoms with Crippen molar-refractivity contribution in [3.63, 3.8) is 0 Å². The Morgan fingerprint density at radius 3 is 2.47 bits per heavy atom. The number of carbonyl (C=O) groups excluding carboxylic acids is 1. The third-order valence-electron chi connectivity index (χ3n) is 5.05. The molecule has 8 nitrogen and oxygen atoms in total. The van der Waals surface area contributed by atoms with Gasteiger partial charge in [0.25, 0.3) is 0 Å². The van der Waals surface area contributed by atoms with Gasteiger partial charge in [0.15, 0.2) is 6.61 Å². The van der Waals surface area contributed by atoms with Crippen molar-refractivity contribution in [2.45, 2.75) is 26.8 Å². The van der Waals surface area contributed by atoms with E-state index in [1.807, 2.05) is 6.92 Å². The number of aromatic nitrogens is 3. The Kier molecular flexibility index (Phi) is 7.28. The predicted molar refractivity (Wildman–Crippen MR) is 123 cm³/mol. The molecule has 0 radical (unpaired) electrons. The molecule has 4 rings (SSSR count). The number of pyridine rings is 1. The Hall–Kier alpha value is -4.28. The smallest absolute Gasteiger partial charge is 0.487 e. The molecule has 2 aromatic heterocycles. The fourth-order valence-corrected chi connectivity index (χ4v) is 3.48. The van der Waals surface area contributed by atoms with Crippen LogP contribution in [-0.2, 0) is 16.1 Å². The molecule has 0 spiro atoms. The van der Waals surface area contributed by atoms with Gasteiger partial charge in [0.2, 0.25) is 0 Å². The molecule has 188 valence electrons. The van der Waals surface area contributed by atoms with Crippen LogP contribution >= 0.6 is 0 Å². The van der Waals surface area contributed by atoms with E-state index < -0.39 is 12.3 Å². The second kappa shape index (κ2) is 10.5. The van der Waals surface area contributed by atoms with Gasteiger partial charge in [-0.2, -0.15) is 5.10 Å². The summed E-state index contributed by atoms with van der Waals surface area (Å²) in [6, 6.07) is 12.4. The van der Waals surface area contributed by atoms with Gasteiger partial charge >= 0.3 is 12.3 Å². The van der Waals surface area contributed by atoms with Crippen LogP contribution in [0.2, 0.25) is 0 Å². The fourth-order valence-electron chi connectivity index (χ4n) is 3.48. The molecule has 0 aliphatic heterocycles. The average molecular weight is 501 g/mol. The van der Waals surface area contributed by atoms with Crippen molar-refractivity contribution >= 4 is 16.9 Å². The van der Waals surface area contributed by atoms with E-state index in [9.17, 15) is 18.0 Å². The first-order chi connectivity index (χ1) is 17.2. The van der Waals surface area contributed by atoms with Crippen molar-refractivity contribution in [1.82, 2.24) is 14.8 Å². The van der Waals surface area contributed by atoms with E-state index in [1.54, 1.807) is 48.3 Å². The number of fused-ring (bicyclic) bond motifs is 1. The average Bonchev–Trinajstić information content (AvgIpc) is 3.20. The van der Waals surface area contributed by atoms with Gasteiger partial charge in [0.05, 0.1) is 17.8 Å². The highest BCUT2D eigenvalue weighted by Crippen LogP contribution is 2.28. The number of benzene rings is 2. The first kappa shape index (κ1) is 24.8. The van der Waals surface area contributed by atoms with Gasteiger partial charge in [0.1, 0.15) is 29.5 Å². The molecule has 0 aliphatic rings. The minimum absolute atomic E-state index is 0.118. The molecule has 0 unspecified atom stereocenters. The number of hydrogen-bond donors (Lipinski definition) is 0. The second-order valence-electron chi connectivity index (χ2n) is 7.60. The third kappa shape index (κ3) is 6.04. The number of hydrogen-bond acceptors (Lipinski definition) is 7. The largest absolute Gasteiger partial charge is 0.573 e. The molecule has 0 atom stereocenters. The number of nitrogens with zero attached hydrogens (tertiary/aromatic N) is 3. The number of ether oxygens (including phenoxy) is 4. The van der Waals surface area contributed by atoms with Crippen LogP contribution in [0.3, 0.4) is 0 Å². The lowest BCUT2D eigenvalue weighted by atomic mass is 10.2. The van der Waals surface area contributed by atoms with E-state index in [1.165, 1.54) is 24.3 Å². The summed E-state index contributed by atoms with van der Waals surface area (Å²) >= 11 is 0. The lowest BCUT2D eigenvalue weighted by molar-refractivity contribution is -0.274. The standard InChI is InChI=1S/C25H22F3N3O5/c1-3-33-24(32)15-35-23-9-8-19(12-16(23)2)34-14-21-20-13-29-11-10-22(20)31(30-21)17-4-6-18(7-5-17)36-25(26,27)28/h4-13H,3,14-15H2,1-2H3. The lowest BCUT2D eigenvalue weighted by Crippen LogP contribution is -2.17. The summed E-state index contributed by atoms with van der Waals surface area (Å²) < 4.78 is 59.2. The van der Waals surface area contributed by atoms with Gasteiger partial charge in [-0.25, -0.2) is 9.48 Å². The molecular weight excluding hydrogens is 479 g/mol. The van der Waals surface area contributed by atoms with Crippen molar-refractivity contribution < 1.29 is 36.9 Å². The van der Waals surface area contributed by atoms with Crippen molar-refractivity contribution in [2.24, 2.45) is 0 Å². The zero-order chi connectivity index (χ0) is 25.7. The number of alkyl halides is 3. The Labute approximate surface area is 204 Å². The Bertz CT molecular complexity index is 1350. The van der Waals surface area contributed by atoms with Gasteiger partial charge in [-0.15, -0.1) is 13.2 Å². The SMILES string of the molecule is CCOC(=O)COc1ccc(OCc2nn(-c3ccc(OC(F)(F)F)cc3)c3ccncc23)cc1C. The first-order valence-electron chi connectivity index (χ1n) is 10.9. The first-order valence-corrected chi connectivity index (χ1v) is 10.9. The van der Waals surface area contributed by atoms with Crippen LogP contribution in [-0.4, -0.2) is 40.3 Å². The number of carbonyl (C=O) groups is 1. The molecule has 0 saturated heterocycles. The molecule has 0 fully saturated rings. The van der Waals surface area contributed by atoms with Crippen LogP contribution in [0.15, 0.2) is 60.9 Å². The summed E-state index contributed by atoms with van der Waals surface area (Å²) in [5.74, 6) is 0.331. The summed E-state index contributed by atoms with van der Waals surface area (Å²) in [7, 11) is 0. The fraction of sp³-hybridized carbons (Fsp3) is 0.240. The maximum absolute atomic E-state index is 12.5. The molecular formula is C25H22F3N3O5. The summed E-state index contributed by atoms with van der Waals surface area (Å²) in [4.78, 5) is 15.7. The van der Waals surface area contributed by atoms with E-state index in [0.29, 0.717) is 28.4 Å². The van der Waals surface area contributed by atoms with Crippen molar-refractivity contribution in [3.8, 4) is 22.9 Å². The lowest BCUT2D eigenvalue weighted by Gasteiger charge is -2.11. The van der Waals surface area contributed by atoms with Crippen LogP contribution in [0.4, 0.5) is 13.2 Å². The Morgan fingerprint density at radius 1 is 1.03 bits per heavy atom. The van der Waals surface area contributed by atoms with Gasteiger partial charge in [-0.1, -0.05) is 0 Å². The molecule has 0 aliphatic carbocycles. The van der Waals surface area contributed by atoms with Crippen molar-refractivity contribution in [1.29, 1.82) is 0 Å². The zero-order valence-corrected chi connectivity index (χ0v) is 19.4. The molecule has 4 aromatic rings. The molecule has 0 bridgehead atoms. The van der Waals surface area contributed by atoms with Crippen LogP contribution in [0.5, 0.6) is 17.2 Å². The van der Waals surface area contributed by atoms with Crippen molar-refractivity contribution in [3.05, 3.63) is 72.2 Å². The maximum atomic E-state index is 12.5. The summed E-state index contributed by atoms with van der Waals surface area (Å²) in [6.07, 6.45) is -1.51.